The minimum Gasteiger partial charge on any atom is -0.495 e. The topological polar surface area (TPSA) is 49.9 Å². The lowest BCUT2D eigenvalue weighted by atomic mass is 10.1. The summed E-state index contributed by atoms with van der Waals surface area (Å²) in [6.45, 7) is 5.17. The molecule has 1 aliphatic rings. The van der Waals surface area contributed by atoms with Gasteiger partial charge in [-0.3, -0.25) is 4.90 Å². The van der Waals surface area contributed by atoms with Crippen molar-refractivity contribution in [1.29, 1.82) is 0 Å². The fraction of sp³-hybridized carbons (Fsp3) is 0.368. The van der Waals surface area contributed by atoms with Crippen LogP contribution >= 0.6 is 11.6 Å². The van der Waals surface area contributed by atoms with Crippen LogP contribution in [0.15, 0.2) is 47.4 Å². The van der Waals surface area contributed by atoms with E-state index in [2.05, 4.69) is 36.1 Å². The highest BCUT2D eigenvalue weighted by molar-refractivity contribution is 7.89. The Morgan fingerprint density at radius 2 is 1.69 bits per heavy atom. The van der Waals surface area contributed by atoms with Crippen LogP contribution in [0.2, 0.25) is 5.02 Å². The van der Waals surface area contributed by atoms with Gasteiger partial charge in [-0.15, -0.1) is 0 Å². The Bertz CT molecular complexity index is 861. The molecule has 3 rings (SSSR count). The van der Waals surface area contributed by atoms with Gasteiger partial charge < -0.3 is 4.74 Å². The van der Waals surface area contributed by atoms with Gasteiger partial charge in [0.25, 0.3) is 0 Å². The van der Waals surface area contributed by atoms with Crippen molar-refractivity contribution in [1.82, 2.24) is 9.21 Å². The standard InChI is InChI=1S/C19H23ClN2O3S/c1-15-3-5-16(6-4-15)14-21-9-11-22(12-10-21)26(23,24)19-13-17(20)7-8-18(19)25-2/h3-8,13H,9-12,14H2,1-2H3. The highest BCUT2D eigenvalue weighted by Gasteiger charge is 2.31. The van der Waals surface area contributed by atoms with Crippen LogP contribution in [0.1, 0.15) is 11.1 Å². The number of aryl methyl sites for hydroxylation is 1. The molecule has 5 nitrogen and oxygen atoms in total. The first-order valence-corrected chi connectivity index (χ1v) is 10.3. The lowest BCUT2D eigenvalue weighted by Crippen LogP contribution is -2.48. The zero-order valence-corrected chi connectivity index (χ0v) is 16.6. The van der Waals surface area contributed by atoms with E-state index >= 15 is 0 Å². The van der Waals surface area contributed by atoms with E-state index in [0.717, 1.165) is 6.54 Å². The number of hydrogen-bond acceptors (Lipinski definition) is 4. The number of rotatable bonds is 5. The second-order valence-corrected chi connectivity index (χ2v) is 8.80. The highest BCUT2D eigenvalue weighted by Crippen LogP contribution is 2.30. The van der Waals surface area contributed by atoms with E-state index < -0.39 is 10.0 Å². The summed E-state index contributed by atoms with van der Waals surface area (Å²) in [6.07, 6.45) is 0. The average Bonchev–Trinajstić information content (AvgIpc) is 2.64. The lowest BCUT2D eigenvalue weighted by Gasteiger charge is -2.34. The van der Waals surface area contributed by atoms with Crippen molar-refractivity contribution in [3.8, 4) is 5.75 Å². The van der Waals surface area contributed by atoms with Gasteiger partial charge in [0.2, 0.25) is 10.0 Å². The van der Waals surface area contributed by atoms with Crippen molar-refractivity contribution in [3.05, 3.63) is 58.6 Å². The molecule has 1 fully saturated rings. The largest absolute Gasteiger partial charge is 0.495 e. The second kappa shape index (κ2) is 7.96. The van der Waals surface area contributed by atoms with Crippen LogP contribution in [-0.2, 0) is 16.6 Å². The van der Waals surface area contributed by atoms with Gasteiger partial charge in [-0.05, 0) is 30.7 Å². The fourth-order valence-electron chi connectivity index (χ4n) is 3.07. The van der Waals surface area contributed by atoms with Gasteiger partial charge in [0.05, 0.1) is 7.11 Å². The number of methoxy groups -OCH3 is 1. The van der Waals surface area contributed by atoms with Crippen LogP contribution in [0.5, 0.6) is 5.75 Å². The molecule has 0 spiro atoms. The summed E-state index contributed by atoms with van der Waals surface area (Å²) in [6, 6.07) is 13.1. The molecule has 0 aliphatic carbocycles. The highest BCUT2D eigenvalue weighted by atomic mass is 35.5. The van der Waals surface area contributed by atoms with Gasteiger partial charge in [0, 0.05) is 37.7 Å². The van der Waals surface area contributed by atoms with Crippen molar-refractivity contribution >= 4 is 21.6 Å². The summed E-state index contributed by atoms with van der Waals surface area (Å²) in [5, 5.41) is 0.377. The van der Waals surface area contributed by atoms with Crippen molar-refractivity contribution in [2.24, 2.45) is 0 Å². The molecule has 0 unspecified atom stereocenters. The number of benzene rings is 2. The summed E-state index contributed by atoms with van der Waals surface area (Å²) < 4.78 is 32.7. The third-order valence-corrected chi connectivity index (χ3v) is 6.76. The van der Waals surface area contributed by atoms with Gasteiger partial charge in [-0.25, -0.2) is 8.42 Å². The molecule has 1 saturated heterocycles. The van der Waals surface area contributed by atoms with E-state index in [-0.39, 0.29) is 4.90 Å². The summed E-state index contributed by atoms with van der Waals surface area (Å²) in [7, 11) is -2.17. The molecule has 7 heteroatoms. The molecule has 0 bridgehead atoms. The molecule has 140 valence electrons. The normalized spacial score (nSPS) is 16.6. The first-order chi connectivity index (χ1) is 12.4. The van der Waals surface area contributed by atoms with Gasteiger partial charge in [0.15, 0.2) is 0 Å². The quantitative estimate of drug-likeness (QED) is 0.781. The molecule has 0 amide bonds. The Labute approximate surface area is 160 Å². The number of halogens is 1. The molecule has 26 heavy (non-hydrogen) atoms. The minimum absolute atomic E-state index is 0.125. The molecule has 0 aromatic heterocycles. The second-order valence-electron chi connectivity index (χ2n) is 6.46. The smallest absolute Gasteiger partial charge is 0.246 e. The minimum atomic E-state index is -3.63. The number of ether oxygens (including phenoxy) is 1. The average molecular weight is 395 g/mol. The Morgan fingerprint density at radius 3 is 2.31 bits per heavy atom. The van der Waals surface area contributed by atoms with Gasteiger partial charge in [-0.2, -0.15) is 4.31 Å². The van der Waals surface area contributed by atoms with Crippen LogP contribution in [0.3, 0.4) is 0 Å². The molecule has 0 saturated carbocycles. The Hall–Kier alpha value is -1.60. The summed E-state index contributed by atoms with van der Waals surface area (Å²) in [5.74, 6) is 0.316. The molecule has 0 radical (unpaired) electrons. The summed E-state index contributed by atoms with van der Waals surface area (Å²) in [4.78, 5) is 2.39. The maximum Gasteiger partial charge on any atom is 0.246 e. The number of nitrogens with zero attached hydrogens (tertiary/aromatic N) is 2. The molecule has 1 aliphatic heterocycles. The van der Waals surface area contributed by atoms with E-state index in [9.17, 15) is 8.42 Å². The number of sulfonamides is 1. The van der Waals surface area contributed by atoms with Crippen LogP contribution in [-0.4, -0.2) is 50.9 Å². The van der Waals surface area contributed by atoms with Crippen molar-refractivity contribution in [2.45, 2.75) is 18.4 Å². The lowest BCUT2D eigenvalue weighted by molar-refractivity contribution is 0.181. The van der Waals surface area contributed by atoms with E-state index in [1.165, 1.54) is 28.6 Å². The molecular formula is C19H23ClN2O3S. The monoisotopic (exact) mass is 394 g/mol. The Balaban J connectivity index is 1.69. The third-order valence-electron chi connectivity index (χ3n) is 4.60. The first-order valence-electron chi connectivity index (χ1n) is 8.52. The zero-order chi connectivity index (χ0) is 18.7. The molecule has 0 atom stereocenters. The maximum atomic E-state index is 13.0. The van der Waals surface area contributed by atoms with Gasteiger partial charge in [-0.1, -0.05) is 41.4 Å². The summed E-state index contributed by atoms with van der Waals surface area (Å²) in [5.41, 5.74) is 2.48. The summed E-state index contributed by atoms with van der Waals surface area (Å²) >= 11 is 6.00. The zero-order valence-electron chi connectivity index (χ0n) is 15.0. The van der Waals surface area contributed by atoms with Crippen LogP contribution in [0.4, 0.5) is 0 Å². The number of hydrogen-bond donors (Lipinski definition) is 0. The maximum absolute atomic E-state index is 13.0. The van der Waals surface area contributed by atoms with Crippen LogP contribution in [0.25, 0.3) is 0 Å². The van der Waals surface area contributed by atoms with Crippen molar-refractivity contribution < 1.29 is 13.2 Å². The van der Waals surface area contributed by atoms with Gasteiger partial charge >= 0.3 is 0 Å². The Morgan fingerprint density at radius 1 is 1.04 bits per heavy atom. The van der Waals surface area contributed by atoms with E-state index in [4.69, 9.17) is 16.3 Å². The predicted molar refractivity (Wildman–Crippen MR) is 103 cm³/mol. The molecule has 2 aromatic rings. The molecule has 1 heterocycles. The van der Waals surface area contributed by atoms with Crippen molar-refractivity contribution in [3.63, 3.8) is 0 Å². The number of piperazine rings is 1. The van der Waals surface area contributed by atoms with Crippen molar-refractivity contribution in [2.75, 3.05) is 33.3 Å². The van der Waals surface area contributed by atoms with Crippen LogP contribution in [0, 0.1) is 6.92 Å². The Kier molecular flexibility index (Phi) is 5.87. The third kappa shape index (κ3) is 4.20. The van der Waals surface area contributed by atoms with E-state index in [1.807, 2.05) is 0 Å². The predicted octanol–water partition coefficient (Wildman–Crippen LogP) is 3.16. The van der Waals surface area contributed by atoms with Crippen LogP contribution < -0.4 is 4.74 Å². The molecule has 0 N–H and O–H groups in total. The fourth-order valence-corrected chi connectivity index (χ4v) is 4.91. The SMILES string of the molecule is COc1ccc(Cl)cc1S(=O)(=O)N1CCN(Cc2ccc(C)cc2)CC1. The molecule has 2 aromatic carbocycles. The first kappa shape index (κ1) is 19.2. The van der Waals surface area contributed by atoms with Gasteiger partial charge in [0.1, 0.15) is 10.6 Å². The molecular weight excluding hydrogens is 372 g/mol. The van der Waals surface area contributed by atoms with E-state index in [0.29, 0.717) is 37.0 Å². The van der Waals surface area contributed by atoms with E-state index in [1.54, 1.807) is 12.1 Å².